The van der Waals surface area contributed by atoms with Crippen LogP contribution in [0.1, 0.15) is 5.56 Å². The number of pyridine rings is 1. The Balaban J connectivity index is 2.09. The van der Waals surface area contributed by atoms with Crippen molar-refractivity contribution in [3.63, 3.8) is 0 Å². The van der Waals surface area contributed by atoms with E-state index in [0.29, 0.717) is 17.2 Å². The number of hydrogen-bond donors (Lipinski definition) is 0. The van der Waals surface area contributed by atoms with Gasteiger partial charge in [-0.3, -0.25) is 4.40 Å². The molecule has 4 nitrogen and oxygen atoms in total. The van der Waals surface area contributed by atoms with Crippen molar-refractivity contribution in [2.45, 2.75) is 6.54 Å². The van der Waals surface area contributed by atoms with Gasteiger partial charge in [0.2, 0.25) is 0 Å². The summed E-state index contributed by atoms with van der Waals surface area (Å²) in [5.41, 5.74) is 1.35. The van der Waals surface area contributed by atoms with Crippen LogP contribution in [0.25, 0.3) is 5.65 Å². The second kappa shape index (κ2) is 4.31. The standard InChI is InChI=1S/C13H10ClN3O/c14-11-6-2-1-5-10(11)9-17-13(18)16-8-4-3-7-12(16)15-17/h1-8H,9H2. The van der Waals surface area contributed by atoms with Crippen molar-refractivity contribution in [1.82, 2.24) is 14.2 Å². The number of nitrogens with zero attached hydrogens (tertiary/aromatic N) is 3. The number of aromatic nitrogens is 3. The molecule has 0 unspecified atom stereocenters. The molecule has 0 aliphatic heterocycles. The topological polar surface area (TPSA) is 39.3 Å². The lowest BCUT2D eigenvalue weighted by molar-refractivity contribution is 0.659. The van der Waals surface area contributed by atoms with Gasteiger partial charge in [-0.15, -0.1) is 5.10 Å². The molecule has 0 saturated heterocycles. The van der Waals surface area contributed by atoms with Crippen molar-refractivity contribution in [3.05, 3.63) is 69.7 Å². The fourth-order valence-electron chi connectivity index (χ4n) is 1.86. The highest BCUT2D eigenvalue weighted by Gasteiger charge is 2.07. The monoisotopic (exact) mass is 259 g/mol. The zero-order valence-electron chi connectivity index (χ0n) is 9.45. The molecular formula is C13H10ClN3O. The smallest absolute Gasteiger partial charge is 0.250 e. The maximum absolute atomic E-state index is 12.1. The Morgan fingerprint density at radius 3 is 2.67 bits per heavy atom. The highest BCUT2D eigenvalue weighted by atomic mass is 35.5. The van der Waals surface area contributed by atoms with E-state index in [1.54, 1.807) is 24.4 Å². The van der Waals surface area contributed by atoms with Gasteiger partial charge in [0.25, 0.3) is 0 Å². The maximum atomic E-state index is 12.1. The van der Waals surface area contributed by atoms with Crippen molar-refractivity contribution in [3.8, 4) is 0 Å². The minimum atomic E-state index is -0.162. The predicted octanol–water partition coefficient (Wildman–Crippen LogP) is 2.20. The number of halogens is 1. The summed E-state index contributed by atoms with van der Waals surface area (Å²) in [6.45, 7) is 0.375. The molecular weight excluding hydrogens is 250 g/mol. The molecule has 0 bridgehead atoms. The van der Waals surface area contributed by atoms with Crippen LogP contribution in [0.5, 0.6) is 0 Å². The van der Waals surface area contributed by atoms with E-state index in [0.717, 1.165) is 5.56 Å². The lowest BCUT2D eigenvalue weighted by Gasteiger charge is -2.02. The van der Waals surface area contributed by atoms with Crippen LogP contribution < -0.4 is 5.69 Å². The van der Waals surface area contributed by atoms with Crippen molar-refractivity contribution < 1.29 is 0 Å². The van der Waals surface area contributed by atoms with E-state index < -0.39 is 0 Å². The molecule has 0 spiro atoms. The van der Waals surface area contributed by atoms with E-state index in [9.17, 15) is 4.79 Å². The zero-order valence-corrected chi connectivity index (χ0v) is 10.2. The second-order valence-corrected chi connectivity index (χ2v) is 4.37. The molecule has 18 heavy (non-hydrogen) atoms. The average Bonchev–Trinajstić information content (AvgIpc) is 2.70. The van der Waals surface area contributed by atoms with Gasteiger partial charge < -0.3 is 0 Å². The van der Waals surface area contributed by atoms with E-state index in [1.807, 2.05) is 24.3 Å². The summed E-state index contributed by atoms with van der Waals surface area (Å²) in [4.78, 5) is 12.1. The Kier molecular flexibility index (Phi) is 2.64. The molecule has 3 aromatic rings. The number of hydrogen-bond acceptors (Lipinski definition) is 2. The first-order valence-electron chi connectivity index (χ1n) is 5.53. The van der Waals surface area contributed by atoms with Gasteiger partial charge in [-0.2, -0.15) is 0 Å². The number of fused-ring (bicyclic) bond motifs is 1. The number of benzene rings is 1. The van der Waals surface area contributed by atoms with E-state index >= 15 is 0 Å². The zero-order chi connectivity index (χ0) is 12.5. The SMILES string of the molecule is O=c1n(Cc2ccccc2Cl)nc2ccccn12. The van der Waals surface area contributed by atoms with Crippen LogP contribution in [0.2, 0.25) is 5.02 Å². The van der Waals surface area contributed by atoms with Crippen LogP contribution in [0.3, 0.4) is 0 Å². The second-order valence-electron chi connectivity index (χ2n) is 3.96. The molecule has 0 fully saturated rings. The molecule has 0 radical (unpaired) electrons. The lowest BCUT2D eigenvalue weighted by atomic mass is 10.2. The lowest BCUT2D eigenvalue weighted by Crippen LogP contribution is -2.21. The maximum Gasteiger partial charge on any atom is 0.350 e. The Hall–Kier alpha value is -2.07. The van der Waals surface area contributed by atoms with Gasteiger partial charge in [-0.1, -0.05) is 35.9 Å². The molecule has 0 aliphatic carbocycles. The minimum absolute atomic E-state index is 0.162. The summed E-state index contributed by atoms with van der Waals surface area (Å²) in [6, 6.07) is 12.9. The quantitative estimate of drug-likeness (QED) is 0.708. The molecule has 90 valence electrons. The summed E-state index contributed by atoms with van der Waals surface area (Å²) in [5, 5.41) is 4.90. The normalized spacial score (nSPS) is 10.9. The Bertz CT molecular complexity index is 760. The molecule has 0 N–H and O–H groups in total. The molecule has 0 aliphatic rings. The molecule has 1 aromatic carbocycles. The Labute approximate surface area is 108 Å². The van der Waals surface area contributed by atoms with Crippen LogP contribution in [-0.4, -0.2) is 14.2 Å². The Morgan fingerprint density at radius 2 is 1.89 bits per heavy atom. The largest absolute Gasteiger partial charge is 0.350 e. The van der Waals surface area contributed by atoms with E-state index in [4.69, 9.17) is 11.6 Å². The Morgan fingerprint density at radius 1 is 1.11 bits per heavy atom. The fourth-order valence-corrected chi connectivity index (χ4v) is 2.05. The summed E-state index contributed by atoms with van der Waals surface area (Å²) in [6.07, 6.45) is 1.70. The molecule has 3 rings (SSSR count). The molecule has 2 aromatic heterocycles. The summed E-state index contributed by atoms with van der Waals surface area (Å²) in [5.74, 6) is 0. The molecule has 2 heterocycles. The summed E-state index contributed by atoms with van der Waals surface area (Å²) in [7, 11) is 0. The molecule has 0 saturated carbocycles. The first kappa shape index (κ1) is 11.0. The molecule has 0 atom stereocenters. The predicted molar refractivity (Wildman–Crippen MR) is 70.0 cm³/mol. The first-order valence-corrected chi connectivity index (χ1v) is 5.91. The van der Waals surface area contributed by atoms with E-state index in [1.165, 1.54) is 9.08 Å². The van der Waals surface area contributed by atoms with Gasteiger partial charge in [-0.05, 0) is 23.8 Å². The van der Waals surface area contributed by atoms with Crippen LogP contribution in [-0.2, 0) is 6.54 Å². The van der Waals surface area contributed by atoms with Gasteiger partial charge in [0.1, 0.15) is 0 Å². The first-order chi connectivity index (χ1) is 8.75. The fraction of sp³-hybridized carbons (Fsp3) is 0.0769. The molecule has 0 amide bonds. The van der Waals surface area contributed by atoms with Crippen LogP contribution in [0.4, 0.5) is 0 Å². The van der Waals surface area contributed by atoms with Crippen molar-refractivity contribution >= 4 is 17.2 Å². The minimum Gasteiger partial charge on any atom is -0.250 e. The number of rotatable bonds is 2. The highest BCUT2D eigenvalue weighted by Crippen LogP contribution is 2.15. The van der Waals surface area contributed by atoms with Crippen LogP contribution in [0.15, 0.2) is 53.5 Å². The van der Waals surface area contributed by atoms with Crippen molar-refractivity contribution in [2.75, 3.05) is 0 Å². The van der Waals surface area contributed by atoms with Gasteiger partial charge in [0, 0.05) is 11.2 Å². The highest BCUT2D eigenvalue weighted by molar-refractivity contribution is 6.31. The van der Waals surface area contributed by atoms with E-state index in [-0.39, 0.29) is 5.69 Å². The van der Waals surface area contributed by atoms with Crippen molar-refractivity contribution in [2.24, 2.45) is 0 Å². The van der Waals surface area contributed by atoms with Gasteiger partial charge >= 0.3 is 5.69 Å². The van der Waals surface area contributed by atoms with E-state index in [2.05, 4.69) is 5.10 Å². The van der Waals surface area contributed by atoms with Crippen molar-refractivity contribution in [1.29, 1.82) is 0 Å². The summed E-state index contributed by atoms with van der Waals surface area (Å²) < 4.78 is 2.92. The third-order valence-electron chi connectivity index (χ3n) is 2.77. The van der Waals surface area contributed by atoms with Gasteiger partial charge in [0.15, 0.2) is 5.65 Å². The van der Waals surface area contributed by atoms with Gasteiger partial charge in [0.05, 0.1) is 6.54 Å². The van der Waals surface area contributed by atoms with Crippen LogP contribution in [0, 0.1) is 0 Å². The van der Waals surface area contributed by atoms with Crippen LogP contribution >= 0.6 is 11.6 Å². The average molecular weight is 260 g/mol. The third kappa shape index (κ3) is 1.80. The molecule has 5 heteroatoms. The van der Waals surface area contributed by atoms with Gasteiger partial charge in [-0.25, -0.2) is 9.48 Å². The summed E-state index contributed by atoms with van der Waals surface area (Å²) >= 11 is 6.08. The third-order valence-corrected chi connectivity index (χ3v) is 3.14.